The minimum Gasteiger partial charge on any atom is -0.414 e. The number of hydrogen-bond donors (Lipinski definition) is 2. The second-order valence-corrected chi connectivity index (χ2v) is 14.8. The molecule has 0 saturated heterocycles. The molecule has 2 N–H and O–H groups in total. The molecule has 0 amide bonds. The SMILES string of the molecule is CC(C)(C)[Si](C)(C)OCC1OC(OCC2OC(OCc3ccccc3)C=CC2O)C=CC1O. The first-order chi connectivity index (χ1) is 15.5. The second-order valence-electron chi connectivity index (χ2n) is 10.0. The van der Waals surface area contributed by atoms with E-state index in [1.54, 1.807) is 24.3 Å². The second kappa shape index (κ2) is 11.4. The fourth-order valence-corrected chi connectivity index (χ4v) is 4.18. The van der Waals surface area contributed by atoms with Gasteiger partial charge < -0.3 is 33.6 Å². The molecule has 2 heterocycles. The maximum absolute atomic E-state index is 10.3. The molecule has 1 aromatic rings. The van der Waals surface area contributed by atoms with E-state index in [1.807, 2.05) is 30.3 Å². The van der Waals surface area contributed by atoms with Crippen molar-refractivity contribution in [1.82, 2.24) is 0 Å². The lowest BCUT2D eigenvalue weighted by Crippen LogP contribution is -2.47. The molecular formula is C25H38O7Si. The van der Waals surface area contributed by atoms with Crippen molar-refractivity contribution in [2.45, 2.75) is 82.5 Å². The molecule has 33 heavy (non-hydrogen) atoms. The Morgan fingerprint density at radius 1 is 0.818 bits per heavy atom. The highest BCUT2D eigenvalue weighted by Gasteiger charge is 2.39. The summed E-state index contributed by atoms with van der Waals surface area (Å²) in [6.07, 6.45) is 2.77. The molecule has 0 aliphatic carbocycles. The first-order valence-corrected chi connectivity index (χ1v) is 14.4. The summed E-state index contributed by atoms with van der Waals surface area (Å²) in [4.78, 5) is 0. The van der Waals surface area contributed by atoms with E-state index in [-0.39, 0.29) is 11.6 Å². The minimum absolute atomic E-state index is 0.0689. The molecule has 6 atom stereocenters. The monoisotopic (exact) mass is 478 g/mol. The van der Waals surface area contributed by atoms with E-state index >= 15 is 0 Å². The van der Waals surface area contributed by atoms with Crippen LogP contribution in [0, 0.1) is 0 Å². The average molecular weight is 479 g/mol. The Labute approximate surface area is 198 Å². The maximum atomic E-state index is 10.3. The molecule has 184 valence electrons. The van der Waals surface area contributed by atoms with Gasteiger partial charge >= 0.3 is 0 Å². The van der Waals surface area contributed by atoms with E-state index in [9.17, 15) is 10.2 Å². The van der Waals surface area contributed by atoms with Crippen LogP contribution in [0.25, 0.3) is 0 Å². The average Bonchev–Trinajstić information content (AvgIpc) is 2.77. The Kier molecular flexibility index (Phi) is 9.05. The first kappa shape index (κ1) is 26.2. The standard InChI is InChI=1S/C25H38O7Si/c1-25(2,3)33(4,5)30-17-22-20(27)12-14-24(32-22)29-16-21-19(26)11-13-23(31-21)28-15-18-9-7-6-8-10-18/h6-14,19-24,26-27H,15-17H2,1-5H3. The molecular weight excluding hydrogens is 440 g/mol. The summed E-state index contributed by atoms with van der Waals surface area (Å²) in [5, 5.41) is 20.7. The van der Waals surface area contributed by atoms with E-state index in [1.165, 1.54) is 0 Å². The van der Waals surface area contributed by atoms with Gasteiger partial charge in [-0.1, -0.05) is 63.3 Å². The van der Waals surface area contributed by atoms with Gasteiger partial charge in [0.25, 0.3) is 0 Å². The molecule has 0 fully saturated rings. The van der Waals surface area contributed by atoms with E-state index in [0.29, 0.717) is 13.2 Å². The van der Waals surface area contributed by atoms with E-state index in [0.717, 1.165) is 5.56 Å². The maximum Gasteiger partial charge on any atom is 0.192 e. The van der Waals surface area contributed by atoms with Gasteiger partial charge in [-0.3, -0.25) is 0 Å². The third kappa shape index (κ3) is 7.56. The van der Waals surface area contributed by atoms with Crippen LogP contribution in [0.5, 0.6) is 0 Å². The minimum atomic E-state index is -1.97. The first-order valence-electron chi connectivity index (χ1n) is 11.5. The fraction of sp³-hybridized carbons (Fsp3) is 0.600. The zero-order valence-corrected chi connectivity index (χ0v) is 21.2. The Balaban J connectivity index is 1.47. The van der Waals surface area contributed by atoms with Crippen LogP contribution in [0.3, 0.4) is 0 Å². The zero-order valence-electron chi connectivity index (χ0n) is 20.2. The van der Waals surface area contributed by atoms with Crippen LogP contribution < -0.4 is 0 Å². The smallest absolute Gasteiger partial charge is 0.192 e. The van der Waals surface area contributed by atoms with Crippen molar-refractivity contribution < 1.29 is 33.6 Å². The van der Waals surface area contributed by atoms with Crippen molar-refractivity contribution in [3.05, 3.63) is 60.2 Å². The third-order valence-electron chi connectivity index (χ3n) is 6.41. The van der Waals surface area contributed by atoms with Crippen LogP contribution >= 0.6 is 0 Å². The predicted octanol–water partition coefficient (Wildman–Crippen LogP) is 3.53. The summed E-state index contributed by atoms with van der Waals surface area (Å²) >= 11 is 0. The molecule has 0 bridgehead atoms. The fourth-order valence-electron chi connectivity index (χ4n) is 3.17. The Morgan fingerprint density at radius 3 is 1.94 bits per heavy atom. The van der Waals surface area contributed by atoms with Crippen LogP contribution in [-0.2, 0) is 30.0 Å². The van der Waals surface area contributed by atoms with Gasteiger partial charge in [-0.05, 0) is 35.8 Å². The zero-order chi connectivity index (χ0) is 24.1. The van der Waals surface area contributed by atoms with E-state index in [2.05, 4.69) is 33.9 Å². The number of ether oxygens (including phenoxy) is 4. The summed E-state index contributed by atoms with van der Waals surface area (Å²) in [6, 6.07) is 9.82. The molecule has 1 aromatic carbocycles. The van der Waals surface area contributed by atoms with Crippen molar-refractivity contribution in [3.63, 3.8) is 0 Å². The Morgan fingerprint density at radius 2 is 1.36 bits per heavy atom. The molecule has 8 heteroatoms. The summed E-state index contributed by atoms with van der Waals surface area (Å²) in [5.41, 5.74) is 1.04. The third-order valence-corrected chi connectivity index (χ3v) is 10.9. The number of hydrogen-bond acceptors (Lipinski definition) is 7. The quantitative estimate of drug-likeness (QED) is 0.415. The Bertz CT molecular complexity index is 790. The molecule has 2 aliphatic rings. The molecule has 0 radical (unpaired) electrons. The van der Waals surface area contributed by atoms with Crippen LogP contribution in [0.2, 0.25) is 18.1 Å². The lowest BCUT2D eigenvalue weighted by Gasteiger charge is -2.38. The van der Waals surface area contributed by atoms with Crippen molar-refractivity contribution in [1.29, 1.82) is 0 Å². The molecule has 2 aliphatic heterocycles. The normalized spacial score (nSPS) is 30.5. The highest BCUT2D eigenvalue weighted by molar-refractivity contribution is 6.74. The topological polar surface area (TPSA) is 86.6 Å². The lowest BCUT2D eigenvalue weighted by molar-refractivity contribution is -0.223. The van der Waals surface area contributed by atoms with Gasteiger partial charge in [0.15, 0.2) is 20.9 Å². The van der Waals surface area contributed by atoms with Gasteiger partial charge in [0.05, 0.1) is 19.8 Å². The summed E-state index contributed by atoms with van der Waals surface area (Å²) in [7, 11) is -1.97. The number of aliphatic hydroxyl groups is 2. The molecule has 0 saturated carbocycles. The van der Waals surface area contributed by atoms with Gasteiger partial charge in [-0.2, -0.15) is 0 Å². The summed E-state index contributed by atoms with van der Waals surface area (Å²) < 4.78 is 29.6. The summed E-state index contributed by atoms with van der Waals surface area (Å²) in [6.45, 7) is 11.6. The molecule has 6 unspecified atom stereocenters. The van der Waals surface area contributed by atoms with Gasteiger partial charge in [-0.25, -0.2) is 0 Å². The lowest BCUT2D eigenvalue weighted by atomic mass is 10.1. The number of aliphatic hydroxyl groups excluding tert-OH is 2. The molecule has 0 spiro atoms. The van der Waals surface area contributed by atoms with Gasteiger partial charge in [0, 0.05) is 0 Å². The Hall–Kier alpha value is -1.36. The van der Waals surface area contributed by atoms with Crippen molar-refractivity contribution in [3.8, 4) is 0 Å². The van der Waals surface area contributed by atoms with E-state index in [4.69, 9.17) is 23.4 Å². The molecule has 0 aromatic heterocycles. The van der Waals surface area contributed by atoms with Crippen LogP contribution in [0.1, 0.15) is 26.3 Å². The predicted molar refractivity (Wildman–Crippen MR) is 128 cm³/mol. The van der Waals surface area contributed by atoms with Crippen molar-refractivity contribution in [2.75, 3.05) is 13.2 Å². The summed E-state index contributed by atoms with van der Waals surface area (Å²) in [5.74, 6) is 0. The largest absolute Gasteiger partial charge is 0.414 e. The van der Waals surface area contributed by atoms with Gasteiger partial charge in [0.1, 0.15) is 24.4 Å². The number of rotatable bonds is 9. The van der Waals surface area contributed by atoms with Crippen LogP contribution in [0.4, 0.5) is 0 Å². The van der Waals surface area contributed by atoms with Crippen LogP contribution in [-0.4, -0.2) is 68.7 Å². The van der Waals surface area contributed by atoms with Crippen LogP contribution in [0.15, 0.2) is 54.6 Å². The van der Waals surface area contributed by atoms with Gasteiger partial charge in [0.2, 0.25) is 0 Å². The molecule has 3 rings (SSSR count). The molecule has 7 nitrogen and oxygen atoms in total. The van der Waals surface area contributed by atoms with Crippen molar-refractivity contribution in [2.24, 2.45) is 0 Å². The van der Waals surface area contributed by atoms with E-state index < -0.39 is 45.3 Å². The van der Waals surface area contributed by atoms with Crippen molar-refractivity contribution >= 4 is 8.32 Å². The highest BCUT2D eigenvalue weighted by atomic mass is 28.4. The van der Waals surface area contributed by atoms with Gasteiger partial charge in [-0.15, -0.1) is 0 Å². The highest BCUT2D eigenvalue weighted by Crippen LogP contribution is 2.37. The number of benzene rings is 1.